The second kappa shape index (κ2) is 8.76. The average Bonchev–Trinajstić information content (AvgIpc) is 3.13. The highest BCUT2D eigenvalue weighted by Gasteiger charge is 2.23. The number of carbonyl (C=O) groups is 1. The van der Waals surface area contributed by atoms with Gasteiger partial charge in [-0.25, -0.2) is 0 Å². The molecule has 6 nitrogen and oxygen atoms in total. The van der Waals surface area contributed by atoms with Crippen LogP contribution in [0.5, 0.6) is 0 Å². The van der Waals surface area contributed by atoms with Crippen molar-refractivity contribution in [2.75, 3.05) is 19.6 Å². The van der Waals surface area contributed by atoms with Crippen molar-refractivity contribution >= 4 is 5.91 Å². The molecule has 0 saturated carbocycles. The zero-order valence-corrected chi connectivity index (χ0v) is 14.9. The first kappa shape index (κ1) is 17.6. The third kappa shape index (κ3) is 4.66. The normalized spacial score (nSPS) is 16.5. The van der Waals surface area contributed by atoms with Gasteiger partial charge >= 0.3 is 0 Å². The number of hydrogen-bond acceptors (Lipinski definition) is 4. The quantitative estimate of drug-likeness (QED) is 0.812. The van der Waals surface area contributed by atoms with Crippen LogP contribution in [0.4, 0.5) is 0 Å². The average molecular weight is 341 g/mol. The Morgan fingerprint density at radius 1 is 1.36 bits per heavy atom. The van der Waals surface area contributed by atoms with E-state index < -0.39 is 0 Å². The summed E-state index contributed by atoms with van der Waals surface area (Å²) < 4.78 is 0. The number of carbonyl (C=O) groups excluding carboxylic acids is 1. The number of amides is 1. The van der Waals surface area contributed by atoms with E-state index in [1.165, 1.54) is 19.3 Å². The number of rotatable bonds is 7. The van der Waals surface area contributed by atoms with E-state index in [-0.39, 0.29) is 11.9 Å². The van der Waals surface area contributed by atoms with Crippen molar-refractivity contribution in [3.8, 4) is 0 Å². The van der Waals surface area contributed by atoms with Gasteiger partial charge < -0.3 is 5.32 Å². The van der Waals surface area contributed by atoms with Crippen LogP contribution in [0.25, 0.3) is 0 Å². The first-order valence-electron chi connectivity index (χ1n) is 9.24. The van der Waals surface area contributed by atoms with Crippen LogP contribution in [0.15, 0.2) is 30.6 Å². The number of aromatic nitrogens is 3. The van der Waals surface area contributed by atoms with Crippen molar-refractivity contribution in [2.45, 2.75) is 45.1 Å². The standard InChI is InChI=1S/C19H27N5O/c1-2-7-16-12-17(23-22-16)19(25)21-14-18(15-8-6-9-20-13-15)24-10-4-3-5-11-24/h6,8-9,12-13,18H,2-5,7,10-11,14H2,1H3,(H,21,25)(H,22,23). The number of nitrogens with one attached hydrogen (secondary N) is 2. The number of pyridine rings is 1. The van der Waals surface area contributed by atoms with Crippen molar-refractivity contribution in [3.63, 3.8) is 0 Å². The largest absolute Gasteiger partial charge is 0.349 e. The highest BCUT2D eigenvalue weighted by Crippen LogP contribution is 2.23. The Balaban J connectivity index is 1.66. The molecule has 6 heteroatoms. The van der Waals surface area contributed by atoms with Crippen LogP contribution in [0.3, 0.4) is 0 Å². The molecule has 1 aliphatic heterocycles. The van der Waals surface area contributed by atoms with E-state index in [4.69, 9.17) is 0 Å². The maximum absolute atomic E-state index is 12.5. The van der Waals surface area contributed by atoms with Gasteiger partial charge in [0.05, 0.1) is 6.04 Å². The van der Waals surface area contributed by atoms with Crippen LogP contribution in [-0.4, -0.2) is 45.6 Å². The molecule has 2 N–H and O–H groups in total. The van der Waals surface area contributed by atoms with Gasteiger partial charge in [0.2, 0.25) is 0 Å². The van der Waals surface area contributed by atoms with Gasteiger partial charge in [0, 0.05) is 24.6 Å². The number of aromatic amines is 1. The molecule has 1 aliphatic rings. The maximum atomic E-state index is 12.5. The van der Waals surface area contributed by atoms with Crippen LogP contribution in [0.1, 0.15) is 60.4 Å². The van der Waals surface area contributed by atoms with Crippen molar-refractivity contribution in [1.29, 1.82) is 0 Å². The van der Waals surface area contributed by atoms with Crippen molar-refractivity contribution in [3.05, 3.63) is 47.5 Å². The summed E-state index contributed by atoms with van der Waals surface area (Å²) in [5.74, 6) is -0.121. The monoisotopic (exact) mass is 341 g/mol. The summed E-state index contributed by atoms with van der Waals surface area (Å²) in [5, 5.41) is 10.1. The van der Waals surface area contributed by atoms with Crippen molar-refractivity contribution in [1.82, 2.24) is 25.4 Å². The number of aryl methyl sites for hydroxylation is 1. The van der Waals surface area contributed by atoms with E-state index in [1.807, 2.05) is 18.3 Å². The predicted molar refractivity (Wildman–Crippen MR) is 97.3 cm³/mol. The van der Waals surface area contributed by atoms with Crippen molar-refractivity contribution < 1.29 is 4.79 Å². The van der Waals surface area contributed by atoms with Crippen LogP contribution in [0.2, 0.25) is 0 Å². The minimum absolute atomic E-state index is 0.121. The van der Waals surface area contributed by atoms with Crippen LogP contribution >= 0.6 is 0 Å². The third-order valence-corrected chi connectivity index (χ3v) is 4.74. The topological polar surface area (TPSA) is 73.9 Å². The van der Waals surface area contributed by atoms with Crippen molar-refractivity contribution in [2.24, 2.45) is 0 Å². The Morgan fingerprint density at radius 3 is 2.92 bits per heavy atom. The Hall–Kier alpha value is -2.21. The third-order valence-electron chi connectivity index (χ3n) is 4.74. The fraction of sp³-hybridized carbons (Fsp3) is 0.526. The summed E-state index contributed by atoms with van der Waals surface area (Å²) >= 11 is 0. The first-order chi connectivity index (χ1) is 12.3. The van der Waals surface area contributed by atoms with E-state index in [9.17, 15) is 4.79 Å². The van der Waals surface area contributed by atoms with Gasteiger partial charge in [0.1, 0.15) is 5.69 Å². The minimum atomic E-state index is -0.121. The summed E-state index contributed by atoms with van der Waals surface area (Å²) in [4.78, 5) is 19.2. The summed E-state index contributed by atoms with van der Waals surface area (Å²) in [6.07, 6.45) is 9.34. The van der Waals surface area contributed by atoms with Gasteiger partial charge in [0.15, 0.2) is 0 Å². The zero-order valence-electron chi connectivity index (χ0n) is 14.9. The molecule has 2 aromatic heterocycles. The molecular weight excluding hydrogens is 314 g/mol. The van der Waals surface area contributed by atoms with Crippen LogP contribution in [-0.2, 0) is 6.42 Å². The Kier molecular flexibility index (Phi) is 6.17. The van der Waals surface area contributed by atoms with Gasteiger partial charge in [-0.3, -0.25) is 19.8 Å². The highest BCUT2D eigenvalue weighted by molar-refractivity contribution is 5.92. The van der Waals surface area contributed by atoms with Crippen LogP contribution in [0, 0.1) is 0 Å². The number of nitrogens with zero attached hydrogens (tertiary/aromatic N) is 3. The molecule has 3 rings (SSSR count). The minimum Gasteiger partial charge on any atom is -0.349 e. The van der Waals surface area contributed by atoms with Gasteiger partial charge in [-0.2, -0.15) is 5.10 Å². The van der Waals surface area contributed by atoms with Gasteiger partial charge in [-0.1, -0.05) is 25.8 Å². The van der Waals surface area contributed by atoms with Gasteiger partial charge in [-0.05, 0) is 50.0 Å². The van der Waals surface area contributed by atoms with E-state index in [1.54, 1.807) is 6.20 Å². The molecule has 1 saturated heterocycles. The fourth-order valence-corrected chi connectivity index (χ4v) is 3.42. The second-order valence-corrected chi connectivity index (χ2v) is 6.64. The highest BCUT2D eigenvalue weighted by atomic mass is 16.1. The number of piperidine rings is 1. The van der Waals surface area contributed by atoms with E-state index in [0.717, 1.165) is 37.2 Å². The van der Waals surface area contributed by atoms with E-state index in [0.29, 0.717) is 12.2 Å². The Bertz CT molecular complexity index is 663. The lowest BCUT2D eigenvalue weighted by atomic mass is 10.0. The summed E-state index contributed by atoms with van der Waals surface area (Å²) in [6, 6.07) is 6.05. The predicted octanol–water partition coefficient (Wildman–Crippen LogP) is 2.71. The maximum Gasteiger partial charge on any atom is 0.271 e. The molecule has 1 atom stereocenters. The molecule has 3 heterocycles. The molecular formula is C19H27N5O. The molecule has 1 amide bonds. The van der Waals surface area contributed by atoms with E-state index in [2.05, 4.69) is 38.4 Å². The van der Waals surface area contributed by atoms with Gasteiger partial charge in [0.25, 0.3) is 5.91 Å². The number of hydrogen-bond donors (Lipinski definition) is 2. The molecule has 0 radical (unpaired) electrons. The van der Waals surface area contributed by atoms with E-state index >= 15 is 0 Å². The number of likely N-dealkylation sites (tertiary alicyclic amines) is 1. The SMILES string of the molecule is CCCc1cc(C(=O)NCC(c2cccnc2)N2CCCCC2)n[nH]1. The van der Waals surface area contributed by atoms with Crippen LogP contribution < -0.4 is 5.32 Å². The molecule has 1 fully saturated rings. The lowest BCUT2D eigenvalue weighted by Crippen LogP contribution is -2.40. The zero-order chi connectivity index (χ0) is 17.5. The first-order valence-corrected chi connectivity index (χ1v) is 9.24. The summed E-state index contributed by atoms with van der Waals surface area (Å²) in [6.45, 7) is 4.81. The molecule has 1 unspecified atom stereocenters. The molecule has 0 spiro atoms. The fourth-order valence-electron chi connectivity index (χ4n) is 3.42. The molecule has 0 bridgehead atoms. The Morgan fingerprint density at radius 2 is 2.20 bits per heavy atom. The summed E-state index contributed by atoms with van der Waals surface area (Å²) in [7, 11) is 0. The molecule has 2 aromatic rings. The molecule has 0 aliphatic carbocycles. The molecule has 0 aromatic carbocycles. The summed E-state index contributed by atoms with van der Waals surface area (Å²) in [5.41, 5.74) is 2.62. The lowest BCUT2D eigenvalue weighted by molar-refractivity contribution is 0.0919. The molecule has 25 heavy (non-hydrogen) atoms. The Labute approximate surface area is 149 Å². The smallest absolute Gasteiger partial charge is 0.271 e. The lowest BCUT2D eigenvalue weighted by Gasteiger charge is -2.34. The second-order valence-electron chi connectivity index (χ2n) is 6.64. The number of H-pyrrole nitrogens is 1. The molecule has 134 valence electrons. The van der Waals surface area contributed by atoms with Gasteiger partial charge in [-0.15, -0.1) is 0 Å².